The predicted octanol–water partition coefficient (Wildman–Crippen LogP) is 1.02. The molecular weight excluding hydrogens is 258 g/mol. The summed E-state index contributed by atoms with van der Waals surface area (Å²) >= 11 is 0. The van der Waals surface area contributed by atoms with Crippen molar-refractivity contribution >= 4 is 12.0 Å². The monoisotopic (exact) mass is 283 g/mol. The number of aliphatic carboxylic acids is 1. The quantitative estimate of drug-likeness (QED) is 0.651. The number of nitrogens with one attached hydrogen (secondary N) is 2. The Labute approximate surface area is 119 Å². The van der Waals surface area contributed by atoms with Gasteiger partial charge in [-0.15, -0.1) is 0 Å². The minimum Gasteiger partial charge on any atom is -0.480 e. The first-order valence-electron chi connectivity index (χ1n) is 7.55. The number of carbonyl (C=O) groups is 2. The van der Waals surface area contributed by atoms with Crippen LogP contribution in [0.1, 0.15) is 38.5 Å². The standard InChI is InChI=1S/C14H25N3O3/c1-17(11-4-2-3-5-11)9-8-15-14(20)16-12(13(18)19)10-6-7-10/h10-12H,2-9H2,1H3,(H,18,19)(H2,15,16,20). The molecule has 114 valence electrons. The zero-order valence-corrected chi connectivity index (χ0v) is 12.1. The van der Waals surface area contributed by atoms with E-state index in [1.54, 1.807) is 0 Å². The van der Waals surface area contributed by atoms with Crippen molar-refractivity contribution in [3.8, 4) is 0 Å². The molecule has 0 radical (unpaired) electrons. The zero-order chi connectivity index (χ0) is 14.5. The number of hydrogen-bond acceptors (Lipinski definition) is 3. The maximum absolute atomic E-state index is 11.7. The smallest absolute Gasteiger partial charge is 0.326 e. The molecule has 0 aliphatic heterocycles. The van der Waals surface area contributed by atoms with Crippen molar-refractivity contribution in [1.82, 2.24) is 15.5 Å². The largest absolute Gasteiger partial charge is 0.480 e. The van der Waals surface area contributed by atoms with Gasteiger partial charge in [0.15, 0.2) is 0 Å². The van der Waals surface area contributed by atoms with Crippen LogP contribution in [-0.2, 0) is 4.79 Å². The van der Waals surface area contributed by atoms with Gasteiger partial charge in [-0.3, -0.25) is 0 Å². The summed E-state index contributed by atoms with van der Waals surface area (Å²) in [5, 5.41) is 14.3. The van der Waals surface area contributed by atoms with E-state index in [4.69, 9.17) is 5.11 Å². The third-order valence-corrected chi connectivity index (χ3v) is 4.34. The summed E-state index contributed by atoms with van der Waals surface area (Å²) in [4.78, 5) is 25.0. The molecule has 6 heteroatoms. The number of carboxylic acids is 1. The fourth-order valence-electron chi connectivity index (χ4n) is 2.88. The molecule has 0 aromatic carbocycles. The van der Waals surface area contributed by atoms with Crippen molar-refractivity contribution in [3.63, 3.8) is 0 Å². The summed E-state index contributed by atoms with van der Waals surface area (Å²) in [6, 6.07) is -0.468. The van der Waals surface area contributed by atoms with Gasteiger partial charge in [-0.1, -0.05) is 12.8 Å². The van der Waals surface area contributed by atoms with Crippen LogP contribution in [0.5, 0.6) is 0 Å². The Kier molecular flexibility index (Phi) is 5.23. The summed E-state index contributed by atoms with van der Waals surface area (Å²) < 4.78 is 0. The summed E-state index contributed by atoms with van der Waals surface area (Å²) in [6.45, 7) is 1.36. The Morgan fingerprint density at radius 1 is 1.25 bits per heavy atom. The van der Waals surface area contributed by atoms with Gasteiger partial charge in [0.25, 0.3) is 0 Å². The number of carboxylic acid groups (broad SMARTS) is 1. The van der Waals surface area contributed by atoms with E-state index >= 15 is 0 Å². The fourth-order valence-corrected chi connectivity index (χ4v) is 2.88. The van der Waals surface area contributed by atoms with E-state index in [1.165, 1.54) is 25.7 Å². The number of carbonyl (C=O) groups excluding carboxylic acids is 1. The van der Waals surface area contributed by atoms with Crippen molar-refractivity contribution in [1.29, 1.82) is 0 Å². The van der Waals surface area contributed by atoms with Gasteiger partial charge in [-0.25, -0.2) is 9.59 Å². The molecule has 2 fully saturated rings. The molecule has 0 aromatic heterocycles. The molecule has 2 saturated carbocycles. The fraction of sp³-hybridized carbons (Fsp3) is 0.857. The van der Waals surface area contributed by atoms with E-state index in [2.05, 4.69) is 22.6 Å². The van der Waals surface area contributed by atoms with Gasteiger partial charge < -0.3 is 20.6 Å². The molecule has 0 spiro atoms. The summed E-state index contributed by atoms with van der Waals surface area (Å²) in [7, 11) is 2.08. The van der Waals surface area contributed by atoms with Crippen LogP contribution < -0.4 is 10.6 Å². The highest BCUT2D eigenvalue weighted by atomic mass is 16.4. The number of likely N-dealkylation sites (N-methyl/N-ethyl adjacent to an activating group) is 1. The number of rotatable bonds is 7. The Morgan fingerprint density at radius 3 is 2.45 bits per heavy atom. The normalized spacial score (nSPS) is 20.9. The lowest BCUT2D eigenvalue weighted by Crippen LogP contribution is -2.48. The molecule has 2 aliphatic carbocycles. The highest BCUT2D eigenvalue weighted by molar-refractivity contribution is 5.83. The van der Waals surface area contributed by atoms with Gasteiger partial charge in [-0.05, 0) is 38.6 Å². The van der Waals surface area contributed by atoms with Crippen LogP contribution in [0.3, 0.4) is 0 Å². The molecule has 1 atom stereocenters. The maximum Gasteiger partial charge on any atom is 0.326 e. The average molecular weight is 283 g/mol. The van der Waals surface area contributed by atoms with Gasteiger partial charge in [0.05, 0.1) is 0 Å². The van der Waals surface area contributed by atoms with Crippen molar-refractivity contribution < 1.29 is 14.7 Å². The summed E-state index contributed by atoms with van der Waals surface area (Å²) in [5.41, 5.74) is 0. The van der Waals surface area contributed by atoms with Crippen LogP contribution in [0, 0.1) is 5.92 Å². The number of urea groups is 1. The Hall–Kier alpha value is -1.30. The minimum atomic E-state index is -0.939. The Bertz CT molecular complexity index is 352. The van der Waals surface area contributed by atoms with Crippen molar-refractivity contribution in [2.45, 2.75) is 50.6 Å². The van der Waals surface area contributed by atoms with Gasteiger partial charge >= 0.3 is 12.0 Å². The molecule has 0 heterocycles. The van der Waals surface area contributed by atoms with Gasteiger partial charge in [0, 0.05) is 19.1 Å². The molecule has 6 nitrogen and oxygen atoms in total. The molecule has 2 amide bonds. The molecule has 2 rings (SSSR count). The van der Waals surface area contributed by atoms with Crippen molar-refractivity contribution in [2.24, 2.45) is 5.92 Å². The first-order valence-corrected chi connectivity index (χ1v) is 7.55. The maximum atomic E-state index is 11.7. The molecule has 0 saturated heterocycles. The molecule has 3 N–H and O–H groups in total. The average Bonchev–Trinajstić information content (AvgIpc) is 3.08. The van der Waals surface area contributed by atoms with Crippen LogP contribution in [0.2, 0.25) is 0 Å². The van der Waals surface area contributed by atoms with Gasteiger partial charge in [0.1, 0.15) is 6.04 Å². The van der Waals surface area contributed by atoms with Crippen LogP contribution in [0.25, 0.3) is 0 Å². The van der Waals surface area contributed by atoms with E-state index in [-0.39, 0.29) is 11.9 Å². The first kappa shape index (κ1) is 15.1. The number of nitrogens with zero attached hydrogens (tertiary/aromatic N) is 1. The second-order valence-electron chi connectivity index (χ2n) is 5.97. The second-order valence-corrected chi connectivity index (χ2v) is 5.97. The van der Waals surface area contributed by atoms with Crippen LogP contribution in [0.4, 0.5) is 4.79 Å². The molecule has 0 bridgehead atoms. The van der Waals surface area contributed by atoms with E-state index in [0.717, 1.165) is 19.4 Å². The van der Waals surface area contributed by atoms with Crippen LogP contribution in [0.15, 0.2) is 0 Å². The zero-order valence-electron chi connectivity index (χ0n) is 12.1. The molecular formula is C14H25N3O3. The summed E-state index contributed by atoms with van der Waals surface area (Å²) in [6.07, 6.45) is 6.86. The highest BCUT2D eigenvalue weighted by Crippen LogP contribution is 2.32. The molecule has 0 aromatic rings. The van der Waals surface area contributed by atoms with Gasteiger partial charge in [0.2, 0.25) is 0 Å². The van der Waals surface area contributed by atoms with Crippen LogP contribution in [-0.4, -0.2) is 54.2 Å². The Morgan fingerprint density at radius 2 is 1.90 bits per heavy atom. The number of hydrogen-bond donors (Lipinski definition) is 3. The molecule has 1 unspecified atom stereocenters. The summed E-state index contributed by atoms with van der Waals surface area (Å²) in [5.74, 6) is -0.829. The lowest BCUT2D eigenvalue weighted by atomic mass is 10.2. The predicted molar refractivity (Wildman–Crippen MR) is 75.6 cm³/mol. The van der Waals surface area contributed by atoms with E-state index in [9.17, 15) is 9.59 Å². The number of amides is 2. The van der Waals surface area contributed by atoms with Crippen molar-refractivity contribution in [3.05, 3.63) is 0 Å². The van der Waals surface area contributed by atoms with Crippen molar-refractivity contribution in [2.75, 3.05) is 20.1 Å². The van der Waals surface area contributed by atoms with Crippen LogP contribution >= 0.6 is 0 Å². The van der Waals surface area contributed by atoms with Gasteiger partial charge in [-0.2, -0.15) is 0 Å². The molecule has 2 aliphatic rings. The highest BCUT2D eigenvalue weighted by Gasteiger charge is 2.37. The van der Waals surface area contributed by atoms with E-state index < -0.39 is 12.0 Å². The first-order chi connectivity index (χ1) is 9.58. The minimum absolute atomic E-state index is 0.111. The topological polar surface area (TPSA) is 81.7 Å². The van der Waals surface area contributed by atoms with E-state index in [1.807, 2.05) is 0 Å². The lowest BCUT2D eigenvalue weighted by Gasteiger charge is -2.24. The van der Waals surface area contributed by atoms with E-state index in [0.29, 0.717) is 12.6 Å². The third kappa shape index (κ3) is 4.37. The molecule has 20 heavy (non-hydrogen) atoms. The SMILES string of the molecule is CN(CCNC(=O)NC(C(=O)O)C1CC1)C1CCCC1. The lowest BCUT2D eigenvalue weighted by molar-refractivity contribution is -0.139. The second kappa shape index (κ2) is 6.92. The third-order valence-electron chi connectivity index (χ3n) is 4.34. The Balaban J connectivity index is 1.63.